The van der Waals surface area contributed by atoms with Crippen LogP contribution < -0.4 is 9.47 Å². The van der Waals surface area contributed by atoms with Crippen molar-refractivity contribution in [3.05, 3.63) is 53.3 Å². The maximum Gasteiger partial charge on any atom is 0.272 e. The molecular weight excluding hydrogens is 334 g/mol. The Labute approximate surface area is 152 Å². The van der Waals surface area contributed by atoms with Gasteiger partial charge in [0.05, 0.1) is 20.8 Å². The van der Waals surface area contributed by atoms with Crippen LogP contribution in [0.25, 0.3) is 0 Å². The summed E-state index contributed by atoms with van der Waals surface area (Å²) in [4.78, 5) is 24.0. The first kappa shape index (κ1) is 17.7. The SMILES string of the molecule is COc1cc(CN2C(=O)C(C)ON=C2c2ncccc2C)cc(OC)c1. The molecule has 136 valence electrons. The Balaban J connectivity index is 2.00. The number of aromatic nitrogens is 1. The van der Waals surface area contributed by atoms with Crippen molar-refractivity contribution >= 4 is 11.7 Å². The summed E-state index contributed by atoms with van der Waals surface area (Å²) < 4.78 is 10.6. The molecule has 0 saturated heterocycles. The average molecular weight is 355 g/mol. The summed E-state index contributed by atoms with van der Waals surface area (Å²) >= 11 is 0. The summed E-state index contributed by atoms with van der Waals surface area (Å²) in [5.74, 6) is 1.52. The number of amides is 1. The first-order valence-electron chi connectivity index (χ1n) is 8.22. The number of rotatable bonds is 5. The van der Waals surface area contributed by atoms with Gasteiger partial charge in [0, 0.05) is 12.3 Å². The van der Waals surface area contributed by atoms with Crippen LogP contribution in [0.3, 0.4) is 0 Å². The molecule has 2 aromatic rings. The van der Waals surface area contributed by atoms with E-state index in [1.165, 1.54) is 0 Å². The third kappa shape index (κ3) is 3.46. The van der Waals surface area contributed by atoms with Gasteiger partial charge < -0.3 is 14.3 Å². The molecule has 0 spiro atoms. The molecule has 1 atom stereocenters. The van der Waals surface area contributed by atoms with Crippen molar-refractivity contribution in [3.63, 3.8) is 0 Å². The van der Waals surface area contributed by atoms with Crippen molar-refractivity contribution in [1.29, 1.82) is 0 Å². The van der Waals surface area contributed by atoms with E-state index in [-0.39, 0.29) is 5.91 Å². The fourth-order valence-electron chi connectivity index (χ4n) is 2.73. The molecule has 0 bridgehead atoms. The Morgan fingerprint density at radius 1 is 1.19 bits per heavy atom. The molecule has 1 unspecified atom stereocenters. The second-order valence-electron chi connectivity index (χ2n) is 5.98. The zero-order valence-corrected chi connectivity index (χ0v) is 15.2. The van der Waals surface area contributed by atoms with Crippen LogP contribution in [0.4, 0.5) is 0 Å². The monoisotopic (exact) mass is 355 g/mol. The van der Waals surface area contributed by atoms with E-state index in [9.17, 15) is 4.79 Å². The van der Waals surface area contributed by atoms with Gasteiger partial charge in [-0.15, -0.1) is 0 Å². The van der Waals surface area contributed by atoms with Gasteiger partial charge in [0.2, 0.25) is 11.9 Å². The van der Waals surface area contributed by atoms with Crippen molar-refractivity contribution in [2.24, 2.45) is 5.16 Å². The van der Waals surface area contributed by atoms with Gasteiger partial charge in [0.15, 0.2) is 0 Å². The number of carbonyl (C=O) groups excluding carboxylic acids is 1. The highest BCUT2D eigenvalue weighted by atomic mass is 16.6. The number of aryl methyl sites for hydroxylation is 1. The number of ether oxygens (including phenoxy) is 2. The summed E-state index contributed by atoms with van der Waals surface area (Å²) in [5.41, 5.74) is 2.37. The predicted octanol–water partition coefficient (Wildman–Crippen LogP) is 2.52. The highest BCUT2D eigenvalue weighted by Crippen LogP contribution is 2.25. The lowest BCUT2D eigenvalue weighted by atomic mass is 10.1. The molecule has 0 aliphatic carbocycles. The van der Waals surface area contributed by atoms with Crippen molar-refractivity contribution in [3.8, 4) is 11.5 Å². The van der Waals surface area contributed by atoms with Crippen LogP contribution in [0, 0.1) is 6.92 Å². The lowest BCUT2D eigenvalue weighted by Crippen LogP contribution is -2.46. The van der Waals surface area contributed by atoms with E-state index in [0.717, 1.165) is 11.1 Å². The van der Waals surface area contributed by atoms with E-state index in [2.05, 4.69) is 10.1 Å². The number of carbonyl (C=O) groups is 1. The van der Waals surface area contributed by atoms with Crippen LogP contribution >= 0.6 is 0 Å². The van der Waals surface area contributed by atoms with Crippen molar-refractivity contribution < 1.29 is 19.1 Å². The van der Waals surface area contributed by atoms with Gasteiger partial charge in [0.1, 0.15) is 17.2 Å². The molecule has 26 heavy (non-hydrogen) atoms. The van der Waals surface area contributed by atoms with Crippen molar-refractivity contribution in [1.82, 2.24) is 9.88 Å². The Kier molecular flexibility index (Phi) is 5.06. The van der Waals surface area contributed by atoms with Gasteiger partial charge in [-0.05, 0) is 43.2 Å². The summed E-state index contributed by atoms with van der Waals surface area (Å²) in [5, 5.41) is 4.15. The van der Waals surface area contributed by atoms with Gasteiger partial charge >= 0.3 is 0 Å². The van der Waals surface area contributed by atoms with E-state index >= 15 is 0 Å². The third-order valence-corrected chi connectivity index (χ3v) is 4.14. The fraction of sp³-hybridized carbons (Fsp3) is 0.316. The molecule has 1 aliphatic rings. The number of methoxy groups -OCH3 is 2. The summed E-state index contributed by atoms with van der Waals surface area (Å²) in [6.45, 7) is 3.89. The summed E-state index contributed by atoms with van der Waals surface area (Å²) in [6, 6.07) is 9.26. The van der Waals surface area contributed by atoms with E-state index in [1.807, 2.05) is 31.2 Å². The quantitative estimate of drug-likeness (QED) is 0.824. The minimum absolute atomic E-state index is 0.179. The number of benzene rings is 1. The molecule has 7 nitrogen and oxygen atoms in total. The molecule has 0 fully saturated rings. The molecule has 0 saturated carbocycles. The van der Waals surface area contributed by atoms with Gasteiger partial charge in [-0.25, -0.2) is 0 Å². The largest absolute Gasteiger partial charge is 0.497 e. The zero-order chi connectivity index (χ0) is 18.7. The van der Waals surface area contributed by atoms with Crippen LogP contribution in [0.5, 0.6) is 11.5 Å². The Morgan fingerprint density at radius 3 is 2.50 bits per heavy atom. The first-order valence-corrected chi connectivity index (χ1v) is 8.22. The predicted molar refractivity (Wildman–Crippen MR) is 96.2 cm³/mol. The molecule has 0 N–H and O–H groups in total. The van der Waals surface area contributed by atoms with Gasteiger partial charge in [0.25, 0.3) is 5.91 Å². The van der Waals surface area contributed by atoms with Crippen molar-refractivity contribution in [2.75, 3.05) is 14.2 Å². The highest BCUT2D eigenvalue weighted by molar-refractivity contribution is 6.09. The molecule has 1 aromatic heterocycles. The van der Waals surface area contributed by atoms with Crippen LogP contribution in [0.15, 0.2) is 41.7 Å². The minimum atomic E-state index is -0.657. The number of hydrogen-bond acceptors (Lipinski definition) is 6. The number of amidine groups is 1. The van der Waals surface area contributed by atoms with Crippen molar-refractivity contribution in [2.45, 2.75) is 26.5 Å². The number of hydrogen-bond donors (Lipinski definition) is 0. The minimum Gasteiger partial charge on any atom is -0.497 e. The van der Waals surface area contributed by atoms with Crippen LogP contribution in [0.2, 0.25) is 0 Å². The van der Waals surface area contributed by atoms with Crippen LogP contribution in [0.1, 0.15) is 23.7 Å². The molecule has 1 aliphatic heterocycles. The number of pyridine rings is 1. The molecular formula is C19H21N3O4. The molecule has 0 radical (unpaired) electrons. The lowest BCUT2D eigenvalue weighted by molar-refractivity contribution is -0.142. The summed E-state index contributed by atoms with van der Waals surface area (Å²) in [7, 11) is 3.18. The van der Waals surface area contributed by atoms with E-state index in [4.69, 9.17) is 14.3 Å². The molecule has 2 heterocycles. The maximum absolute atomic E-state index is 12.8. The molecule has 7 heteroatoms. The Morgan fingerprint density at radius 2 is 1.88 bits per heavy atom. The fourth-order valence-corrected chi connectivity index (χ4v) is 2.73. The second-order valence-corrected chi connectivity index (χ2v) is 5.98. The van der Waals surface area contributed by atoms with Gasteiger partial charge in [-0.3, -0.25) is 14.7 Å². The number of nitrogens with zero attached hydrogens (tertiary/aromatic N) is 3. The van der Waals surface area contributed by atoms with Gasteiger partial charge in [-0.1, -0.05) is 11.2 Å². The Hall–Kier alpha value is -3.09. The topological polar surface area (TPSA) is 73.2 Å². The standard InChI is InChI=1S/C19H21N3O4/c1-12-6-5-7-20-17(12)18-21-26-13(2)19(23)22(18)11-14-8-15(24-3)10-16(9-14)25-4/h5-10,13H,11H2,1-4H3. The first-order chi connectivity index (χ1) is 12.5. The van der Waals surface area contributed by atoms with E-state index in [0.29, 0.717) is 29.6 Å². The maximum atomic E-state index is 12.8. The van der Waals surface area contributed by atoms with Crippen LogP contribution in [-0.4, -0.2) is 42.0 Å². The van der Waals surface area contributed by atoms with E-state index < -0.39 is 6.10 Å². The number of oxime groups is 1. The molecule has 1 aromatic carbocycles. The average Bonchev–Trinajstić information content (AvgIpc) is 2.66. The third-order valence-electron chi connectivity index (χ3n) is 4.14. The Bertz CT molecular complexity index is 828. The molecule has 3 rings (SSSR count). The highest BCUT2D eigenvalue weighted by Gasteiger charge is 2.33. The normalized spacial score (nSPS) is 16.8. The lowest BCUT2D eigenvalue weighted by Gasteiger charge is -2.30. The van der Waals surface area contributed by atoms with Gasteiger partial charge in [-0.2, -0.15) is 0 Å². The smallest absolute Gasteiger partial charge is 0.272 e. The summed E-state index contributed by atoms with van der Waals surface area (Å²) in [6.07, 6.45) is 1.01. The zero-order valence-electron chi connectivity index (χ0n) is 15.2. The van der Waals surface area contributed by atoms with E-state index in [1.54, 1.807) is 38.3 Å². The second kappa shape index (κ2) is 7.43. The molecule has 1 amide bonds. The van der Waals surface area contributed by atoms with Crippen LogP contribution in [-0.2, 0) is 16.2 Å².